The zero-order chi connectivity index (χ0) is 26.8. The van der Waals surface area contributed by atoms with E-state index in [2.05, 4.69) is 19.2 Å². The summed E-state index contributed by atoms with van der Waals surface area (Å²) in [5, 5.41) is 3.50. The molecule has 3 aromatic rings. The molecule has 1 aliphatic heterocycles. The maximum atomic E-state index is 13.8. The fourth-order valence-corrected chi connectivity index (χ4v) is 6.43. The summed E-state index contributed by atoms with van der Waals surface area (Å²) in [6.45, 7) is 7.46. The Hall–Kier alpha value is -3.03. The molecule has 6 nitrogen and oxygen atoms in total. The van der Waals surface area contributed by atoms with E-state index in [4.69, 9.17) is 16.3 Å². The van der Waals surface area contributed by atoms with Crippen LogP contribution in [0.3, 0.4) is 0 Å². The SMILES string of the molecule is CCC1(CC)C[C@H](NC(=O)CN(c2cc(Cl)ccc2C)S(=O)(=O)c2ccc(C)cc2)c2ccccc2O1. The smallest absolute Gasteiger partial charge is 0.264 e. The van der Waals surface area contributed by atoms with Gasteiger partial charge in [-0.15, -0.1) is 0 Å². The Balaban J connectivity index is 1.69. The normalized spacial score (nSPS) is 16.4. The Morgan fingerprint density at radius 3 is 2.41 bits per heavy atom. The van der Waals surface area contributed by atoms with Crippen molar-refractivity contribution in [1.29, 1.82) is 0 Å². The van der Waals surface area contributed by atoms with E-state index in [-0.39, 0.29) is 17.5 Å². The summed E-state index contributed by atoms with van der Waals surface area (Å²) in [5.74, 6) is 0.343. The summed E-state index contributed by atoms with van der Waals surface area (Å²) in [6, 6.07) is 19.0. The molecular formula is C29H33ClN2O4S. The second-order valence-electron chi connectivity index (χ2n) is 9.61. The van der Waals surface area contributed by atoms with Crippen LogP contribution in [0, 0.1) is 13.8 Å². The summed E-state index contributed by atoms with van der Waals surface area (Å²) in [7, 11) is -4.05. The van der Waals surface area contributed by atoms with Gasteiger partial charge in [0.05, 0.1) is 16.6 Å². The third-order valence-corrected chi connectivity index (χ3v) is 9.17. The largest absolute Gasteiger partial charge is 0.487 e. The number of ether oxygens (including phenoxy) is 1. The number of halogens is 1. The average Bonchev–Trinajstić information content (AvgIpc) is 2.89. The molecule has 4 rings (SSSR count). The molecule has 1 atom stereocenters. The van der Waals surface area contributed by atoms with E-state index in [1.165, 1.54) is 0 Å². The molecule has 1 aliphatic rings. The molecule has 0 spiro atoms. The number of nitrogens with one attached hydrogen (secondary N) is 1. The minimum Gasteiger partial charge on any atom is -0.487 e. The van der Waals surface area contributed by atoms with Crippen molar-refractivity contribution in [1.82, 2.24) is 5.32 Å². The molecule has 1 amide bonds. The molecule has 0 fully saturated rings. The van der Waals surface area contributed by atoms with Crippen molar-refractivity contribution in [2.45, 2.75) is 63.5 Å². The van der Waals surface area contributed by atoms with Crippen LogP contribution in [0.25, 0.3) is 0 Å². The highest BCUT2D eigenvalue weighted by Gasteiger charge is 2.39. The lowest BCUT2D eigenvalue weighted by Crippen LogP contribution is -2.47. The van der Waals surface area contributed by atoms with Gasteiger partial charge >= 0.3 is 0 Å². The number of aryl methyl sites for hydroxylation is 2. The summed E-state index contributed by atoms with van der Waals surface area (Å²) in [6.07, 6.45) is 2.18. The average molecular weight is 541 g/mol. The first-order chi connectivity index (χ1) is 17.6. The van der Waals surface area contributed by atoms with E-state index in [0.29, 0.717) is 22.7 Å². The Morgan fingerprint density at radius 1 is 1.05 bits per heavy atom. The number of amides is 1. The van der Waals surface area contributed by atoms with Gasteiger partial charge in [0, 0.05) is 17.0 Å². The van der Waals surface area contributed by atoms with Crippen LogP contribution in [0.5, 0.6) is 5.75 Å². The predicted molar refractivity (Wildman–Crippen MR) is 148 cm³/mol. The van der Waals surface area contributed by atoms with E-state index < -0.39 is 21.5 Å². The van der Waals surface area contributed by atoms with Crippen molar-refractivity contribution >= 4 is 33.2 Å². The molecule has 0 saturated carbocycles. The quantitative estimate of drug-likeness (QED) is 0.361. The van der Waals surface area contributed by atoms with E-state index in [0.717, 1.165) is 34.0 Å². The Kier molecular flexibility index (Phi) is 7.85. The molecule has 0 aromatic heterocycles. The first kappa shape index (κ1) is 27.0. The van der Waals surface area contributed by atoms with E-state index in [9.17, 15) is 13.2 Å². The molecule has 0 radical (unpaired) electrons. The predicted octanol–water partition coefficient (Wildman–Crippen LogP) is 6.35. The summed E-state index contributed by atoms with van der Waals surface area (Å²) >= 11 is 6.25. The van der Waals surface area contributed by atoms with Crippen LogP contribution in [0.1, 0.15) is 55.8 Å². The highest BCUT2D eigenvalue weighted by molar-refractivity contribution is 7.92. The Morgan fingerprint density at radius 2 is 1.73 bits per heavy atom. The van der Waals surface area contributed by atoms with Crippen molar-refractivity contribution in [3.8, 4) is 5.75 Å². The molecule has 0 aliphatic carbocycles. The van der Waals surface area contributed by atoms with Gasteiger partial charge in [-0.1, -0.05) is 67.4 Å². The fraction of sp³-hybridized carbons (Fsp3) is 0.345. The highest BCUT2D eigenvalue weighted by Crippen LogP contribution is 2.42. The van der Waals surface area contributed by atoms with Crippen LogP contribution < -0.4 is 14.4 Å². The zero-order valence-electron chi connectivity index (χ0n) is 21.6. The molecule has 8 heteroatoms. The van der Waals surface area contributed by atoms with Gasteiger partial charge in [0.1, 0.15) is 17.9 Å². The van der Waals surface area contributed by atoms with Gasteiger partial charge in [0.15, 0.2) is 0 Å². The standard InChI is InChI=1S/C29H33ClN2O4S/c1-5-29(6-2)18-25(24-9-7-8-10-27(24)36-29)31-28(33)19-32(26-17-22(30)14-13-21(26)4)37(34,35)23-15-11-20(3)12-16-23/h7-17,25H,5-6,18-19H2,1-4H3,(H,31,33)/t25-/m0/s1. The zero-order valence-corrected chi connectivity index (χ0v) is 23.2. The molecule has 196 valence electrons. The molecule has 1 heterocycles. The number of para-hydroxylation sites is 1. The van der Waals surface area contributed by atoms with Gasteiger partial charge in [-0.05, 0) is 62.6 Å². The van der Waals surface area contributed by atoms with Crippen LogP contribution in [-0.2, 0) is 14.8 Å². The minimum atomic E-state index is -4.05. The maximum Gasteiger partial charge on any atom is 0.264 e. The van der Waals surface area contributed by atoms with Crippen molar-refractivity contribution < 1.29 is 17.9 Å². The summed E-state index contributed by atoms with van der Waals surface area (Å²) in [4.78, 5) is 13.6. The van der Waals surface area contributed by atoms with Gasteiger partial charge in [0.25, 0.3) is 10.0 Å². The summed E-state index contributed by atoms with van der Waals surface area (Å²) in [5.41, 5.74) is 2.49. The highest BCUT2D eigenvalue weighted by atomic mass is 35.5. The first-order valence-corrected chi connectivity index (χ1v) is 14.3. The number of anilines is 1. The number of benzene rings is 3. The molecule has 1 N–H and O–H groups in total. The first-order valence-electron chi connectivity index (χ1n) is 12.5. The molecule has 37 heavy (non-hydrogen) atoms. The van der Waals surface area contributed by atoms with Crippen molar-refractivity contribution in [2.75, 3.05) is 10.8 Å². The fourth-order valence-electron chi connectivity index (χ4n) is 4.79. The van der Waals surface area contributed by atoms with E-state index in [1.807, 2.05) is 31.2 Å². The number of nitrogens with zero attached hydrogens (tertiary/aromatic N) is 1. The number of fused-ring (bicyclic) bond motifs is 1. The van der Waals surface area contributed by atoms with Gasteiger partial charge < -0.3 is 10.1 Å². The third-order valence-electron chi connectivity index (χ3n) is 7.16. The van der Waals surface area contributed by atoms with Crippen molar-refractivity contribution in [2.24, 2.45) is 0 Å². The molecule has 0 bridgehead atoms. The lowest BCUT2D eigenvalue weighted by molar-refractivity contribution is -0.121. The second kappa shape index (κ2) is 10.8. The van der Waals surface area contributed by atoms with Crippen LogP contribution in [0.15, 0.2) is 71.6 Å². The monoisotopic (exact) mass is 540 g/mol. The number of carbonyl (C=O) groups excluding carboxylic acids is 1. The number of sulfonamides is 1. The van der Waals surface area contributed by atoms with Gasteiger partial charge in [-0.3, -0.25) is 9.10 Å². The second-order valence-corrected chi connectivity index (χ2v) is 11.9. The topological polar surface area (TPSA) is 75.7 Å². The van der Waals surface area contributed by atoms with Crippen molar-refractivity contribution in [3.63, 3.8) is 0 Å². The van der Waals surface area contributed by atoms with Gasteiger partial charge in [0.2, 0.25) is 5.91 Å². The molecule has 3 aromatic carbocycles. The number of rotatable bonds is 8. The Labute approximate surface area is 224 Å². The lowest BCUT2D eigenvalue weighted by atomic mass is 9.83. The lowest BCUT2D eigenvalue weighted by Gasteiger charge is -2.41. The van der Waals surface area contributed by atoms with Crippen LogP contribution in [-0.4, -0.2) is 26.5 Å². The van der Waals surface area contributed by atoms with E-state index in [1.54, 1.807) is 49.4 Å². The summed E-state index contributed by atoms with van der Waals surface area (Å²) < 4.78 is 35.1. The number of carbonyl (C=O) groups is 1. The number of hydrogen-bond donors (Lipinski definition) is 1. The number of hydrogen-bond acceptors (Lipinski definition) is 4. The Bertz CT molecular complexity index is 1390. The van der Waals surface area contributed by atoms with Gasteiger partial charge in [-0.2, -0.15) is 0 Å². The van der Waals surface area contributed by atoms with Gasteiger partial charge in [-0.25, -0.2) is 8.42 Å². The van der Waals surface area contributed by atoms with Crippen molar-refractivity contribution in [3.05, 3.63) is 88.4 Å². The van der Waals surface area contributed by atoms with Crippen LogP contribution in [0.4, 0.5) is 5.69 Å². The molecule has 0 saturated heterocycles. The molecular weight excluding hydrogens is 508 g/mol. The van der Waals surface area contributed by atoms with E-state index >= 15 is 0 Å². The van der Waals surface area contributed by atoms with Crippen LogP contribution in [0.2, 0.25) is 5.02 Å². The maximum absolute atomic E-state index is 13.8. The van der Waals surface area contributed by atoms with Crippen LogP contribution >= 0.6 is 11.6 Å². The third kappa shape index (κ3) is 5.63. The minimum absolute atomic E-state index is 0.109. The molecule has 0 unspecified atom stereocenters.